The highest BCUT2D eigenvalue weighted by Gasteiger charge is 2.19. The Morgan fingerprint density at radius 3 is 2.44 bits per heavy atom. The summed E-state index contributed by atoms with van der Waals surface area (Å²) < 4.78 is 1.51. The number of fused-ring (bicyclic) bond motifs is 2. The molecule has 1 aromatic heterocycles. The molecule has 6 heteroatoms. The van der Waals surface area contributed by atoms with Gasteiger partial charge in [0.2, 0.25) is 5.91 Å². The number of aromatic nitrogens is 2. The standard InChI is InChI=1S/C19H21N3O2S/c1-11(2)20-17(23)12(3)25-19-21-16-10-14-8-6-5-7-13(14)9-15(16)18(24)22(19)4/h5-12H,1-4H3,(H,20,23)/t12-/m1/s1. The highest BCUT2D eigenvalue weighted by Crippen LogP contribution is 2.24. The summed E-state index contributed by atoms with van der Waals surface area (Å²) in [5.41, 5.74) is 0.551. The Morgan fingerprint density at radius 2 is 1.80 bits per heavy atom. The fourth-order valence-electron chi connectivity index (χ4n) is 2.66. The van der Waals surface area contributed by atoms with E-state index in [0.717, 1.165) is 10.8 Å². The second-order valence-corrected chi connectivity index (χ2v) is 7.71. The van der Waals surface area contributed by atoms with E-state index < -0.39 is 0 Å². The van der Waals surface area contributed by atoms with Crippen molar-refractivity contribution in [1.82, 2.24) is 14.9 Å². The van der Waals surface area contributed by atoms with Crippen molar-refractivity contribution in [2.24, 2.45) is 7.05 Å². The van der Waals surface area contributed by atoms with E-state index in [2.05, 4.69) is 10.3 Å². The predicted octanol–water partition coefficient (Wildman–Crippen LogP) is 3.09. The number of thioether (sulfide) groups is 1. The van der Waals surface area contributed by atoms with Gasteiger partial charge in [0.25, 0.3) is 5.56 Å². The van der Waals surface area contributed by atoms with Crippen molar-refractivity contribution in [3.63, 3.8) is 0 Å². The summed E-state index contributed by atoms with van der Waals surface area (Å²) >= 11 is 1.29. The summed E-state index contributed by atoms with van der Waals surface area (Å²) in [4.78, 5) is 29.5. The van der Waals surface area contributed by atoms with Gasteiger partial charge in [-0.25, -0.2) is 4.98 Å². The second kappa shape index (κ2) is 6.88. The zero-order chi connectivity index (χ0) is 18.1. The molecular weight excluding hydrogens is 334 g/mol. The summed E-state index contributed by atoms with van der Waals surface area (Å²) in [5.74, 6) is -0.0622. The van der Waals surface area contributed by atoms with E-state index in [4.69, 9.17) is 0 Å². The van der Waals surface area contributed by atoms with Crippen LogP contribution in [0.3, 0.4) is 0 Å². The molecule has 1 N–H and O–H groups in total. The maximum atomic E-state index is 12.7. The number of nitrogens with one attached hydrogen (secondary N) is 1. The maximum Gasteiger partial charge on any atom is 0.261 e. The average Bonchev–Trinajstić information content (AvgIpc) is 2.57. The topological polar surface area (TPSA) is 64.0 Å². The molecule has 0 saturated carbocycles. The minimum absolute atomic E-state index is 0.0622. The number of benzene rings is 2. The lowest BCUT2D eigenvalue weighted by Crippen LogP contribution is -2.36. The third-order valence-corrected chi connectivity index (χ3v) is 5.13. The van der Waals surface area contributed by atoms with Crippen LogP contribution in [-0.2, 0) is 11.8 Å². The van der Waals surface area contributed by atoms with Crippen molar-refractivity contribution < 1.29 is 4.79 Å². The Labute approximate surface area is 150 Å². The lowest BCUT2D eigenvalue weighted by molar-refractivity contribution is -0.120. The minimum atomic E-state index is -0.335. The van der Waals surface area contributed by atoms with Crippen LogP contribution in [0.25, 0.3) is 21.7 Å². The third-order valence-electron chi connectivity index (χ3n) is 3.98. The van der Waals surface area contributed by atoms with Gasteiger partial charge in [0.05, 0.1) is 16.2 Å². The lowest BCUT2D eigenvalue weighted by Gasteiger charge is -2.15. The molecule has 0 unspecified atom stereocenters. The van der Waals surface area contributed by atoms with Crippen LogP contribution in [0.4, 0.5) is 0 Å². The molecule has 0 aliphatic carbocycles. The normalized spacial score (nSPS) is 12.7. The number of carbonyl (C=O) groups is 1. The molecule has 25 heavy (non-hydrogen) atoms. The van der Waals surface area contributed by atoms with Crippen LogP contribution in [0.15, 0.2) is 46.3 Å². The molecule has 0 fully saturated rings. The summed E-state index contributed by atoms with van der Waals surface area (Å²) in [5, 5.41) is 5.73. The lowest BCUT2D eigenvalue weighted by atomic mass is 10.1. The zero-order valence-corrected chi connectivity index (χ0v) is 15.6. The van der Waals surface area contributed by atoms with Crippen LogP contribution in [0.2, 0.25) is 0 Å². The molecule has 1 atom stereocenters. The molecule has 1 amide bonds. The first-order chi connectivity index (χ1) is 11.9. The van der Waals surface area contributed by atoms with E-state index in [0.29, 0.717) is 16.1 Å². The predicted molar refractivity (Wildman–Crippen MR) is 103 cm³/mol. The van der Waals surface area contributed by atoms with Gasteiger partial charge in [-0.3, -0.25) is 14.2 Å². The molecule has 0 bridgehead atoms. The van der Waals surface area contributed by atoms with Gasteiger partial charge < -0.3 is 5.32 Å². The van der Waals surface area contributed by atoms with Gasteiger partial charge in [-0.2, -0.15) is 0 Å². The van der Waals surface area contributed by atoms with Crippen LogP contribution >= 0.6 is 11.8 Å². The van der Waals surface area contributed by atoms with Crippen molar-refractivity contribution in [2.75, 3.05) is 0 Å². The zero-order valence-electron chi connectivity index (χ0n) is 14.7. The first-order valence-corrected chi connectivity index (χ1v) is 9.11. The molecule has 0 aliphatic heterocycles. The van der Waals surface area contributed by atoms with Crippen molar-refractivity contribution in [3.8, 4) is 0 Å². The summed E-state index contributed by atoms with van der Waals surface area (Å²) in [7, 11) is 1.69. The Kier molecular flexibility index (Phi) is 4.81. The Morgan fingerprint density at radius 1 is 1.16 bits per heavy atom. The Bertz CT molecular complexity index is 1010. The first kappa shape index (κ1) is 17.5. The highest BCUT2D eigenvalue weighted by molar-refractivity contribution is 8.00. The molecule has 0 spiro atoms. The molecule has 2 aromatic carbocycles. The van der Waals surface area contributed by atoms with E-state index in [1.165, 1.54) is 16.3 Å². The van der Waals surface area contributed by atoms with Crippen molar-refractivity contribution in [2.45, 2.75) is 37.2 Å². The van der Waals surface area contributed by atoms with Gasteiger partial charge in [-0.15, -0.1) is 0 Å². The molecule has 5 nitrogen and oxygen atoms in total. The minimum Gasteiger partial charge on any atom is -0.353 e. The summed E-state index contributed by atoms with van der Waals surface area (Å²) in [6.45, 7) is 5.66. The van der Waals surface area contributed by atoms with Gasteiger partial charge in [-0.05, 0) is 43.7 Å². The van der Waals surface area contributed by atoms with Gasteiger partial charge in [0.15, 0.2) is 5.16 Å². The van der Waals surface area contributed by atoms with Crippen LogP contribution in [-0.4, -0.2) is 26.8 Å². The van der Waals surface area contributed by atoms with Gasteiger partial charge in [0.1, 0.15) is 0 Å². The number of amides is 1. The van der Waals surface area contributed by atoms with Crippen molar-refractivity contribution in [3.05, 3.63) is 46.8 Å². The monoisotopic (exact) mass is 355 g/mol. The Hall–Kier alpha value is -2.34. The average molecular weight is 355 g/mol. The van der Waals surface area contributed by atoms with Crippen molar-refractivity contribution in [1.29, 1.82) is 0 Å². The quantitative estimate of drug-likeness (QED) is 0.444. The van der Waals surface area contributed by atoms with Crippen LogP contribution in [0.1, 0.15) is 20.8 Å². The second-order valence-electron chi connectivity index (χ2n) is 6.40. The van der Waals surface area contributed by atoms with Crippen LogP contribution < -0.4 is 10.9 Å². The molecule has 0 radical (unpaired) electrons. The molecule has 0 aliphatic rings. The van der Waals surface area contributed by atoms with Crippen molar-refractivity contribution >= 4 is 39.3 Å². The molecular formula is C19H21N3O2S. The van der Waals surface area contributed by atoms with E-state index in [9.17, 15) is 9.59 Å². The molecule has 1 heterocycles. The van der Waals surface area contributed by atoms with Gasteiger partial charge in [0, 0.05) is 13.1 Å². The van der Waals surface area contributed by atoms with E-state index in [1.54, 1.807) is 7.05 Å². The smallest absolute Gasteiger partial charge is 0.261 e. The number of hydrogen-bond donors (Lipinski definition) is 1. The molecule has 0 saturated heterocycles. The van der Waals surface area contributed by atoms with Gasteiger partial charge >= 0.3 is 0 Å². The van der Waals surface area contributed by atoms with E-state index in [-0.39, 0.29) is 22.8 Å². The number of carbonyl (C=O) groups excluding carboxylic acids is 1. The number of nitrogens with zero attached hydrogens (tertiary/aromatic N) is 2. The fourth-order valence-corrected chi connectivity index (χ4v) is 3.54. The molecule has 130 valence electrons. The largest absolute Gasteiger partial charge is 0.353 e. The SMILES string of the molecule is CC(C)NC(=O)[C@@H](C)Sc1nc2cc3ccccc3cc2c(=O)n1C. The van der Waals surface area contributed by atoms with Crippen LogP contribution in [0.5, 0.6) is 0 Å². The number of rotatable bonds is 4. The van der Waals surface area contributed by atoms with Crippen LogP contribution in [0, 0.1) is 0 Å². The first-order valence-electron chi connectivity index (χ1n) is 8.23. The maximum absolute atomic E-state index is 12.7. The fraction of sp³-hybridized carbons (Fsp3) is 0.316. The van der Waals surface area contributed by atoms with E-state index in [1.807, 2.05) is 57.2 Å². The molecule has 3 aromatic rings. The molecule has 3 rings (SSSR count). The summed E-state index contributed by atoms with van der Waals surface area (Å²) in [6, 6.07) is 11.8. The Balaban J connectivity index is 2.04. The number of hydrogen-bond acceptors (Lipinski definition) is 4. The highest BCUT2D eigenvalue weighted by atomic mass is 32.2. The van der Waals surface area contributed by atoms with E-state index >= 15 is 0 Å². The van der Waals surface area contributed by atoms with Gasteiger partial charge in [-0.1, -0.05) is 36.0 Å². The summed E-state index contributed by atoms with van der Waals surface area (Å²) in [6.07, 6.45) is 0. The third kappa shape index (κ3) is 3.54.